The van der Waals surface area contributed by atoms with Crippen molar-refractivity contribution in [3.8, 4) is 11.5 Å². The normalized spacial score (nSPS) is 12.9. The van der Waals surface area contributed by atoms with Gasteiger partial charge in [0.05, 0.1) is 12.8 Å². The molecule has 0 amide bonds. The molecule has 2 aromatic carbocycles. The van der Waals surface area contributed by atoms with Crippen molar-refractivity contribution in [2.75, 3.05) is 6.23 Å². The van der Waals surface area contributed by atoms with Gasteiger partial charge in [-0.05, 0) is 28.5 Å². The molecule has 0 radical (unpaired) electrons. The Hall–Kier alpha value is -1.78. The van der Waals surface area contributed by atoms with E-state index in [1.54, 1.807) is 0 Å². The SMILES string of the molecule is CC(C)(C)c1cc(OC[Si](C)(C)c2ccc(CO)cc2)cc(C(C)(C)C)c1O. The monoisotopic (exact) mass is 400 g/mol. The van der Waals surface area contributed by atoms with Gasteiger partial charge >= 0.3 is 0 Å². The number of hydrogen-bond donors (Lipinski definition) is 2. The maximum absolute atomic E-state index is 10.9. The summed E-state index contributed by atoms with van der Waals surface area (Å²) in [7, 11) is -1.80. The second-order valence-corrected chi connectivity index (χ2v) is 15.0. The molecule has 0 heterocycles. The Morgan fingerprint density at radius 1 is 0.857 bits per heavy atom. The van der Waals surface area contributed by atoms with E-state index in [0.717, 1.165) is 22.4 Å². The molecular weight excluding hydrogens is 364 g/mol. The number of phenolic OH excluding ortho intramolecular Hbond substituents is 1. The Kier molecular flexibility index (Phi) is 6.36. The Morgan fingerprint density at radius 3 is 1.71 bits per heavy atom. The Labute approximate surface area is 171 Å². The van der Waals surface area contributed by atoms with Crippen LogP contribution in [0.4, 0.5) is 0 Å². The highest BCUT2D eigenvalue weighted by Crippen LogP contribution is 2.41. The summed E-state index contributed by atoms with van der Waals surface area (Å²) in [6, 6.07) is 12.2. The van der Waals surface area contributed by atoms with Crippen LogP contribution in [-0.4, -0.2) is 24.5 Å². The van der Waals surface area contributed by atoms with Crippen LogP contribution >= 0.6 is 0 Å². The fourth-order valence-electron chi connectivity index (χ4n) is 3.24. The number of hydrogen-bond acceptors (Lipinski definition) is 3. The topological polar surface area (TPSA) is 49.7 Å². The summed E-state index contributed by atoms with van der Waals surface area (Å²) < 4.78 is 6.31. The van der Waals surface area contributed by atoms with E-state index in [9.17, 15) is 10.2 Å². The summed E-state index contributed by atoms with van der Waals surface area (Å²) >= 11 is 0. The fraction of sp³-hybridized carbons (Fsp3) is 0.500. The lowest BCUT2D eigenvalue weighted by Gasteiger charge is -2.29. The van der Waals surface area contributed by atoms with Gasteiger partial charge in [0.25, 0.3) is 0 Å². The van der Waals surface area contributed by atoms with Crippen LogP contribution in [0.3, 0.4) is 0 Å². The summed E-state index contributed by atoms with van der Waals surface area (Å²) in [5.74, 6) is 1.20. The molecule has 0 spiro atoms. The first-order valence-electron chi connectivity index (χ1n) is 9.97. The molecule has 4 heteroatoms. The number of aromatic hydroxyl groups is 1. The minimum Gasteiger partial charge on any atom is -0.507 e. The molecule has 3 nitrogen and oxygen atoms in total. The van der Waals surface area contributed by atoms with E-state index in [0.29, 0.717) is 12.0 Å². The molecule has 0 atom stereocenters. The highest BCUT2D eigenvalue weighted by atomic mass is 28.3. The second-order valence-electron chi connectivity index (χ2n) is 10.4. The summed E-state index contributed by atoms with van der Waals surface area (Å²) in [6.07, 6.45) is 0.656. The number of phenols is 1. The molecule has 0 aliphatic carbocycles. The minimum atomic E-state index is -1.80. The van der Waals surface area contributed by atoms with Crippen molar-refractivity contribution in [1.82, 2.24) is 0 Å². The molecule has 28 heavy (non-hydrogen) atoms. The van der Waals surface area contributed by atoms with Gasteiger partial charge in [-0.1, -0.05) is 84.1 Å². The fourth-order valence-corrected chi connectivity index (χ4v) is 5.01. The Morgan fingerprint density at radius 2 is 1.32 bits per heavy atom. The lowest BCUT2D eigenvalue weighted by molar-refractivity contribution is 0.282. The van der Waals surface area contributed by atoms with Crippen LogP contribution in [0, 0.1) is 0 Å². The Balaban J connectivity index is 2.34. The van der Waals surface area contributed by atoms with E-state index >= 15 is 0 Å². The quantitative estimate of drug-likeness (QED) is 0.693. The average Bonchev–Trinajstić information content (AvgIpc) is 2.59. The van der Waals surface area contributed by atoms with Gasteiger partial charge in [0.15, 0.2) is 0 Å². The van der Waals surface area contributed by atoms with Crippen molar-refractivity contribution in [3.05, 3.63) is 53.1 Å². The summed E-state index contributed by atoms with van der Waals surface area (Å²) in [4.78, 5) is 0. The molecule has 0 unspecified atom stereocenters. The number of ether oxygens (including phenoxy) is 1. The lowest BCUT2D eigenvalue weighted by Crippen LogP contribution is -2.47. The van der Waals surface area contributed by atoms with Gasteiger partial charge in [0, 0.05) is 11.1 Å². The predicted molar refractivity (Wildman–Crippen MR) is 120 cm³/mol. The molecule has 0 saturated carbocycles. The predicted octanol–water partition coefficient (Wildman–Crippen LogP) is 5.01. The summed E-state index contributed by atoms with van der Waals surface area (Å²) in [6.45, 7) is 17.3. The van der Waals surface area contributed by atoms with E-state index < -0.39 is 8.07 Å². The summed E-state index contributed by atoms with van der Waals surface area (Å²) in [5.41, 5.74) is 2.42. The molecule has 0 saturated heterocycles. The number of rotatable bonds is 5. The molecule has 154 valence electrons. The van der Waals surface area contributed by atoms with Gasteiger partial charge in [0.2, 0.25) is 0 Å². The average molecular weight is 401 g/mol. The third-order valence-electron chi connectivity index (χ3n) is 5.22. The van der Waals surface area contributed by atoms with Crippen LogP contribution in [0.15, 0.2) is 36.4 Å². The smallest absolute Gasteiger partial charge is 0.124 e. The maximum Gasteiger partial charge on any atom is 0.124 e. The molecular formula is C24H36O3Si. The molecule has 0 aromatic heterocycles. The lowest BCUT2D eigenvalue weighted by atomic mass is 9.79. The second kappa shape index (κ2) is 7.92. The number of aliphatic hydroxyl groups is 1. The minimum absolute atomic E-state index is 0.0669. The van der Waals surface area contributed by atoms with E-state index in [1.165, 1.54) is 5.19 Å². The zero-order valence-corrected chi connectivity index (χ0v) is 19.7. The van der Waals surface area contributed by atoms with Crippen molar-refractivity contribution >= 4 is 13.3 Å². The first-order chi connectivity index (χ1) is 12.8. The van der Waals surface area contributed by atoms with Crippen molar-refractivity contribution in [2.24, 2.45) is 0 Å². The molecule has 0 aliphatic heterocycles. The van der Waals surface area contributed by atoms with Crippen molar-refractivity contribution < 1.29 is 14.9 Å². The van der Waals surface area contributed by atoms with Crippen molar-refractivity contribution in [1.29, 1.82) is 0 Å². The molecule has 0 fully saturated rings. The molecule has 2 N–H and O–H groups in total. The van der Waals surface area contributed by atoms with Crippen LogP contribution in [0.5, 0.6) is 11.5 Å². The Bertz CT molecular complexity index is 774. The largest absolute Gasteiger partial charge is 0.507 e. The van der Waals surface area contributed by atoms with Crippen LogP contribution in [0.2, 0.25) is 13.1 Å². The van der Waals surface area contributed by atoms with Gasteiger partial charge in [-0.25, -0.2) is 0 Å². The molecule has 0 bridgehead atoms. The third kappa shape index (κ3) is 5.18. The first kappa shape index (κ1) is 22.5. The molecule has 2 aromatic rings. The van der Waals surface area contributed by atoms with E-state index in [2.05, 4.69) is 66.8 Å². The zero-order valence-electron chi connectivity index (χ0n) is 18.7. The maximum atomic E-state index is 10.9. The van der Waals surface area contributed by atoms with Gasteiger partial charge in [0.1, 0.15) is 19.6 Å². The standard InChI is InChI=1S/C24H36O3Si/c1-23(2,3)20-13-18(14-21(22(20)26)24(4,5)6)27-16-28(7,8)19-11-9-17(15-25)10-12-19/h9-14,25-26H,15-16H2,1-8H3. The number of aliphatic hydroxyl groups excluding tert-OH is 1. The summed E-state index contributed by atoms with van der Waals surface area (Å²) in [5, 5.41) is 21.4. The molecule has 0 aliphatic rings. The van der Waals surface area contributed by atoms with E-state index in [4.69, 9.17) is 4.74 Å². The number of benzene rings is 2. The van der Waals surface area contributed by atoms with Crippen molar-refractivity contribution in [3.63, 3.8) is 0 Å². The van der Waals surface area contributed by atoms with Crippen LogP contribution in [0.1, 0.15) is 58.2 Å². The van der Waals surface area contributed by atoms with Crippen LogP contribution in [-0.2, 0) is 17.4 Å². The first-order valence-corrected chi connectivity index (χ1v) is 13.2. The van der Waals surface area contributed by atoms with E-state index in [-0.39, 0.29) is 17.4 Å². The van der Waals surface area contributed by atoms with Gasteiger partial charge in [-0.15, -0.1) is 0 Å². The van der Waals surface area contributed by atoms with Gasteiger partial charge < -0.3 is 14.9 Å². The van der Waals surface area contributed by atoms with Gasteiger partial charge in [-0.3, -0.25) is 0 Å². The van der Waals surface area contributed by atoms with Crippen LogP contribution in [0.25, 0.3) is 0 Å². The highest BCUT2D eigenvalue weighted by Gasteiger charge is 2.29. The third-order valence-corrected chi connectivity index (χ3v) is 7.98. The van der Waals surface area contributed by atoms with Crippen LogP contribution < -0.4 is 9.92 Å². The highest BCUT2D eigenvalue weighted by molar-refractivity contribution is 6.89. The zero-order chi connectivity index (χ0) is 21.3. The van der Waals surface area contributed by atoms with Gasteiger partial charge in [-0.2, -0.15) is 0 Å². The van der Waals surface area contributed by atoms with E-state index in [1.807, 2.05) is 24.3 Å². The molecule has 2 rings (SSSR count). The van der Waals surface area contributed by atoms with Crippen molar-refractivity contribution in [2.45, 2.75) is 72.1 Å².